The number of nitrogens with one attached hydrogen (secondary N) is 1. The van der Waals surface area contributed by atoms with Gasteiger partial charge in [0.05, 0.1) is 18.7 Å². The third kappa shape index (κ3) is 4.96. The maximum atomic E-state index is 12.5. The monoisotopic (exact) mass is 352 g/mol. The molecule has 1 N–H and O–H groups in total. The van der Waals surface area contributed by atoms with E-state index < -0.39 is 6.61 Å². The lowest BCUT2D eigenvalue weighted by Gasteiger charge is -2.13. The second-order valence-corrected chi connectivity index (χ2v) is 5.90. The molecule has 1 heterocycles. The maximum Gasteiger partial charge on any atom is 0.387 e. The fourth-order valence-corrected chi connectivity index (χ4v) is 2.31. The minimum Gasteiger partial charge on any atom is -0.434 e. The van der Waals surface area contributed by atoms with Crippen molar-refractivity contribution in [2.24, 2.45) is 0 Å². The summed E-state index contributed by atoms with van der Waals surface area (Å²) in [5, 5.41) is 6.70. The molecule has 9 heteroatoms. The summed E-state index contributed by atoms with van der Waals surface area (Å²) in [5.74, 6) is 0.355. The van der Waals surface area contributed by atoms with Gasteiger partial charge in [0.2, 0.25) is 17.6 Å². The van der Waals surface area contributed by atoms with Gasteiger partial charge in [-0.15, -0.1) is 0 Å². The normalized spacial score (nSPS) is 14.1. The Morgan fingerprint density at radius 3 is 2.92 bits per heavy atom. The summed E-state index contributed by atoms with van der Waals surface area (Å²) < 4.78 is 34.6. The fraction of sp³-hybridized carbons (Fsp3) is 0.438. The molecule has 1 aliphatic rings. The Labute approximate surface area is 143 Å². The zero-order valence-electron chi connectivity index (χ0n) is 13.6. The number of para-hydroxylation sites is 1. The van der Waals surface area contributed by atoms with Crippen LogP contribution in [-0.4, -0.2) is 47.2 Å². The van der Waals surface area contributed by atoms with Gasteiger partial charge in [-0.1, -0.05) is 17.3 Å². The predicted molar refractivity (Wildman–Crippen MR) is 83.9 cm³/mol. The number of hydrogen-bond donors (Lipinski definition) is 1. The molecule has 0 saturated heterocycles. The Hall–Kier alpha value is -2.55. The summed E-state index contributed by atoms with van der Waals surface area (Å²) in [6.45, 7) is -2.47. The van der Waals surface area contributed by atoms with Crippen molar-refractivity contribution in [2.75, 3.05) is 13.6 Å². The molecule has 0 aliphatic heterocycles. The minimum atomic E-state index is -2.94. The molecule has 0 unspecified atom stereocenters. The van der Waals surface area contributed by atoms with Gasteiger partial charge in [0.15, 0.2) is 0 Å². The second-order valence-electron chi connectivity index (χ2n) is 5.90. The van der Waals surface area contributed by atoms with Gasteiger partial charge in [-0.25, -0.2) is 0 Å². The molecule has 7 nitrogen and oxygen atoms in total. The number of aromatic nitrogens is 2. The molecule has 0 radical (unpaired) electrons. The van der Waals surface area contributed by atoms with Gasteiger partial charge in [0.25, 0.3) is 0 Å². The van der Waals surface area contributed by atoms with Crippen LogP contribution in [0.3, 0.4) is 0 Å². The Kier molecular flexibility index (Phi) is 5.22. The Balaban J connectivity index is 1.63. The lowest BCUT2D eigenvalue weighted by atomic mass is 10.2. The van der Waals surface area contributed by atoms with Crippen LogP contribution in [0.15, 0.2) is 28.8 Å². The van der Waals surface area contributed by atoms with Gasteiger partial charge in [-0.05, 0) is 32.0 Å². The van der Waals surface area contributed by atoms with Crippen LogP contribution >= 0.6 is 0 Å². The zero-order valence-corrected chi connectivity index (χ0v) is 13.6. The molecule has 0 spiro atoms. The molecular weight excluding hydrogens is 334 g/mol. The van der Waals surface area contributed by atoms with Crippen LogP contribution in [0.1, 0.15) is 18.7 Å². The predicted octanol–water partition coefficient (Wildman–Crippen LogP) is 2.05. The van der Waals surface area contributed by atoms with Crippen molar-refractivity contribution < 1.29 is 22.8 Å². The molecule has 1 aromatic carbocycles. The molecule has 1 amide bonds. The molecule has 0 bridgehead atoms. The van der Waals surface area contributed by atoms with E-state index in [0.717, 1.165) is 12.8 Å². The van der Waals surface area contributed by atoms with Crippen LogP contribution in [-0.2, 0) is 11.3 Å². The quantitative estimate of drug-likeness (QED) is 0.783. The van der Waals surface area contributed by atoms with E-state index in [4.69, 9.17) is 4.52 Å². The van der Waals surface area contributed by atoms with E-state index in [1.54, 1.807) is 30.1 Å². The maximum absolute atomic E-state index is 12.5. The van der Waals surface area contributed by atoms with Crippen molar-refractivity contribution in [1.29, 1.82) is 0 Å². The third-order valence-electron chi connectivity index (χ3n) is 3.57. The summed E-state index contributed by atoms with van der Waals surface area (Å²) in [7, 11) is 1.75. The van der Waals surface area contributed by atoms with Crippen molar-refractivity contribution in [3.8, 4) is 17.1 Å². The summed E-state index contributed by atoms with van der Waals surface area (Å²) in [6, 6.07) is 6.53. The van der Waals surface area contributed by atoms with Crippen molar-refractivity contribution >= 4 is 5.91 Å². The first-order valence-electron chi connectivity index (χ1n) is 7.86. The molecule has 134 valence electrons. The molecule has 1 fully saturated rings. The number of carbonyl (C=O) groups excluding carboxylic acids is 1. The summed E-state index contributed by atoms with van der Waals surface area (Å²) >= 11 is 0. The number of likely N-dealkylation sites (N-methyl/N-ethyl adjacent to an activating group) is 1. The van der Waals surface area contributed by atoms with Crippen molar-refractivity contribution in [1.82, 2.24) is 20.4 Å². The van der Waals surface area contributed by atoms with E-state index in [1.807, 2.05) is 0 Å². The van der Waals surface area contributed by atoms with Crippen LogP contribution in [0.25, 0.3) is 11.4 Å². The van der Waals surface area contributed by atoms with Crippen LogP contribution < -0.4 is 10.1 Å². The van der Waals surface area contributed by atoms with Gasteiger partial charge in [-0.3, -0.25) is 9.69 Å². The molecule has 2 aromatic rings. The summed E-state index contributed by atoms with van der Waals surface area (Å²) in [5.41, 5.74) is 0.312. The zero-order chi connectivity index (χ0) is 17.8. The van der Waals surface area contributed by atoms with E-state index in [-0.39, 0.29) is 36.5 Å². The lowest BCUT2D eigenvalue weighted by Crippen LogP contribution is -2.35. The standard InChI is InChI=1S/C16H18F2N4O3/c1-22(8-13(23)19-10-6-7-10)9-14-20-15(21-25-14)11-4-2-3-5-12(11)24-16(17)18/h2-5,10,16H,6-9H2,1H3,(H,19,23). The SMILES string of the molecule is CN(CC(=O)NC1CC1)Cc1nc(-c2ccccc2OC(F)F)no1. The number of rotatable bonds is 8. The molecule has 0 atom stereocenters. The van der Waals surface area contributed by atoms with Crippen molar-refractivity contribution in [2.45, 2.75) is 32.0 Å². The molecular formula is C16H18F2N4O3. The van der Waals surface area contributed by atoms with Gasteiger partial charge < -0.3 is 14.6 Å². The number of ether oxygens (including phenoxy) is 1. The van der Waals surface area contributed by atoms with Crippen LogP contribution in [0, 0.1) is 0 Å². The molecule has 3 rings (SSSR count). The first-order valence-corrected chi connectivity index (χ1v) is 7.86. The van der Waals surface area contributed by atoms with E-state index in [2.05, 4.69) is 20.2 Å². The van der Waals surface area contributed by atoms with Gasteiger partial charge in [0.1, 0.15) is 5.75 Å². The Morgan fingerprint density at radius 2 is 2.20 bits per heavy atom. The Morgan fingerprint density at radius 1 is 1.44 bits per heavy atom. The largest absolute Gasteiger partial charge is 0.434 e. The van der Waals surface area contributed by atoms with Gasteiger partial charge in [-0.2, -0.15) is 13.8 Å². The highest BCUT2D eigenvalue weighted by molar-refractivity contribution is 5.78. The highest BCUT2D eigenvalue weighted by Gasteiger charge is 2.24. The smallest absolute Gasteiger partial charge is 0.387 e. The molecule has 25 heavy (non-hydrogen) atoms. The van der Waals surface area contributed by atoms with E-state index in [0.29, 0.717) is 11.6 Å². The molecule has 1 saturated carbocycles. The van der Waals surface area contributed by atoms with Crippen molar-refractivity contribution in [3.63, 3.8) is 0 Å². The highest BCUT2D eigenvalue weighted by atomic mass is 19.3. The van der Waals surface area contributed by atoms with E-state index in [1.165, 1.54) is 6.07 Å². The summed E-state index contributed by atoms with van der Waals surface area (Å²) in [6.07, 6.45) is 2.06. The third-order valence-corrected chi connectivity index (χ3v) is 3.57. The van der Waals surface area contributed by atoms with Gasteiger partial charge >= 0.3 is 6.61 Å². The number of carbonyl (C=O) groups is 1. The van der Waals surface area contributed by atoms with Crippen LogP contribution in [0.5, 0.6) is 5.75 Å². The van der Waals surface area contributed by atoms with E-state index >= 15 is 0 Å². The Bertz CT molecular complexity index is 734. The lowest BCUT2D eigenvalue weighted by molar-refractivity contribution is -0.122. The topological polar surface area (TPSA) is 80.5 Å². The number of amides is 1. The van der Waals surface area contributed by atoms with Crippen LogP contribution in [0.4, 0.5) is 8.78 Å². The van der Waals surface area contributed by atoms with Crippen molar-refractivity contribution in [3.05, 3.63) is 30.2 Å². The van der Waals surface area contributed by atoms with Crippen LogP contribution in [0.2, 0.25) is 0 Å². The van der Waals surface area contributed by atoms with Gasteiger partial charge in [0, 0.05) is 6.04 Å². The summed E-state index contributed by atoms with van der Waals surface area (Å²) in [4.78, 5) is 17.7. The minimum absolute atomic E-state index is 0.0259. The second kappa shape index (κ2) is 7.56. The highest BCUT2D eigenvalue weighted by Crippen LogP contribution is 2.28. The molecule has 1 aromatic heterocycles. The number of halogens is 2. The average Bonchev–Trinajstić information content (AvgIpc) is 3.23. The fourth-order valence-electron chi connectivity index (χ4n) is 2.31. The number of nitrogens with zero attached hydrogens (tertiary/aromatic N) is 3. The average molecular weight is 352 g/mol. The first kappa shape index (κ1) is 17.3. The number of benzene rings is 1. The number of alkyl halides is 2. The van der Waals surface area contributed by atoms with E-state index in [9.17, 15) is 13.6 Å². The first-order chi connectivity index (χ1) is 12.0. The molecule has 1 aliphatic carbocycles. The number of hydrogen-bond acceptors (Lipinski definition) is 6.